The molecule has 4 aromatic carbocycles. The van der Waals surface area contributed by atoms with E-state index in [0.717, 1.165) is 22.4 Å². The molecule has 37 heavy (non-hydrogen) atoms. The first-order valence-electron chi connectivity index (χ1n) is 12.4. The number of rotatable bonds is 3. The van der Waals surface area contributed by atoms with E-state index in [-0.39, 0.29) is 51.0 Å². The van der Waals surface area contributed by atoms with Gasteiger partial charge in [0, 0.05) is 15.4 Å². The van der Waals surface area contributed by atoms with Gasteiger partial charge in [-0.25, -0.2) is 0 Å². The van der Waals surface area contributed by atoms with Crippen molar-refractivity contribution in [2.45, 2.75) is 45.7 Å². The number of aryl methyl sites for hydroxylation is 1. The van der Waals surface area contributed by atoms with E-state index in [4.69, 9.17) is 0 Å². The van der Waals surface area contributed by atoms with Crippen LogP contribution < -0.4 is 24.8 Å². The Morgan fingerprint density at radius 3 is 2.30 bits per heavy atom. The van der Waals surface area contributed by atoms with Gasteiger partial charge in [0.1, 0.15) is 0 Å². The van der Waals surface area contributed by atoms with Gasteiger partial charge < -0.3 is 24.8 Å². The molecule has 0 bridgehead atoms. The molecule has 0 fully saturated rings. The molecule has 0 heterocycles. The van der Waals surface area contributed by atoms with E-state index >= 15 is 0 Å². The standard InChI is InChI=1S/C31H25.C2H7Si.2ClH.Zr/c1-3-21-18-29-25(22-11-6-9-20(2)17-22)13-7-15-27(29)31(21)28-16-8-14-26-24-12-5-4-10-23(24)19-30(26)28;1-3-2;;;/h4-15,17-18,31H,3,19H2,1-2H3;3H,1-2H3;2*1H;/q-1;;;;+3/p-2. The largest absolute Gasteiger partial charge is 3.00 e. The van der Waals surface area contributed by atoms with Gasteiger partial charge in [-0.3, -0.25) is 0 Å². The summed E-state index contributed by atoms with van der Waals surface area (Å²) < 4.78 is 0. The fraction of sp³-hybridized carbons (Fsp3) is 0.212. The van der Waals surface area contributed by atoms with Gasteiger partial charge in [0.2, 0.25) is 0 Å². The van der Waals surface area contributed by atoms with E-state index in [0.29, 0.717) is 5.92 Å². The van der Waals surface area contributed by atoms with Crippen LogP contribution in [0.15, 0.2) is 84.4 Å². The van der Waals surface area contributed by atoms with Crippen LogP contribution in [0.5, 0.6) is 0 Å². The van der Waals surface area contributed by atoms with Crippen LogP contribution in [0.3, 0.4) is 0 Å². The van der Waals surface area contributed by atoms with Crippen LogP contribution in [0.4, 0.5) is 0 Å². The zero-order valence-electron chi connectivity index (χ0n) is 21.9. The third-order valence-electron chi connectivity index (χ3n) is 6.99. The van der Waals surface area contributed by atoms with Gasteiger partial charge in [-0.15, -0.1) is 16.7 Å². The summed E-state index contributed by atoms with van der Waals surface area (Å²) in [6.07, 6.45) is 4.52. The SMILES string of the molecule is CCC1=Cc2c(-c3cccc(C)c3)cccc2C1c1[c-]ccc2c1Cc1ccccc1-2.C[SiH]C.[Cl-].[Cl-].[Zr+3]. The summed E-state index contributed by atoms with van der Waals surface area (Å²) >= 11 is 0. The summed E-state index contributed by atoms with van der Waals surface area (Å²) in [4.78, 5) is 0. The minimum absolute atomic E-state index is 0. The van der Waals surface area contributed by atoms with Gasteiger partial charge in [-0.1, -0.05) is 104 Å². The minimum atomic E-state index is 0. The number of hydrogen-bond donors (Lipinski definition) is 0. The molecule has 186 valence electrons. The smallest absolute Gasteiger partial charge is 1.00 e. The van der Waals surface area contributed by atoms with Crippen LogP contribution >= 0.6 is 0 Å². The Morgan fingerprint density at radius 1 is 0.865 bits per heavy atom. The zero-order chi connectivity index (χ0) is 23.7. The Labute approximate surface area is 256 Å². The van der Waals surface area contributed by atoms with Gasteiger partial charge >= 0.3 is 26.2 Å². The Bertz CT molecular complexity index is 1390. The molecule has 4 heteroatoms. The molecule has 0 spiro atoms. The molecule has 1 unspecified atom stereocenters. The average molecular weight is 619 g/mol. The van der Waals surface area contributed by atoms with Crippen molar-refractivity contribution in [3.8, 4) is 22.3 Å². The Hall–Kier alpha value is -1.70. The molecular formula is C33H32Cl2SiZr. The predicted molar refractivity (Wildman–Crippen MR) is 149 cm³/mol. The molecule has 2 aliphatic carbocycles. The Kier molecular flexibility index (Phi) is 11.8. The number of hydrogen-bond acceptors (Lipinski definition) is 0. The van der Waals surface area contributed by atoms with Gasteiger partial charge in [-0.05, 0) is 53.1 Å². The molecule has 0 aromatic heterocycles. The summed E-state index contributed by atoms with van der Waals surface area (Å²) in [5.41, 5.74) is 15.3. The normalized spacial score (nSPS) is 13.8. The number of benzene rings is 4. The van der Waals surface area contributed by atoms with E-state index in [9.17, 15) is 0 Å². The summed E-state index contributed by atoms with van der Waals surface area (Å²) in [5.74, 6) is 0.300. The van der Waals surface area contributed by atoms with Crippen LogP contribution in [0, 0.1) is 13.0 Å². The van der Waals surface area contributed by atoms with E-state index in [1.165, 1.54) is 61.2 Å². The molecule has 0 N–H and O–H groups in total. The molecule has 2 radical (unpaired) electrons. The van der Waals surface area contributed by atoms with Gasteiger partial charge in [0.05, 0.1) is 0 Å². The van der Waals surface area contributed by atoms with Crippen molar-refractivity contribution in [2.75, 3.05) is 0 Å². The first kappa shape index (κ1) is 31.5. The Morgan fingerprint density at radius 2 is 1.57 bits per heavy atom. The van der Waals surface area contributed by atoms with E-state index in [1.807, 2.05) is 0 Å². The van der Waals surface area contributed by atoms with Gasteiger partial charge in [-0.2, -0.15) is 18.2 Å². The molecule has 0 saturated carbocycles. The maximum Gasteiger partial charge on any atom is 3.00 e. The summed E-state index contributed by atoms with van der Waals surface area (Å²) in [6, 6.07) is 32.6. The first-order valence-corrected chi connectivity index (χ1v) is 14.7. The number of halogens is 2. The number of fused-ring (bicyclic) bond motifs is 4. The fourth-order valence-electron chi connectivity index (χ4n) is 5.55. The maximum atomic E-state index is 3.68. The summed E-state index contributed by atoms with van der Waals surface area (Å²) in [5, 5.41) is 0. The molecule has 0 saturated heterocycles. The van der Waals surface area contributed by atoms with Crippen molar-refractivity contribution < 1.29 is 51.0 Å². The van der Waals surface area contributed by atoms with Gasteiger partial charge in [0.15, 0.2) is 0 Å². The first-order chi connectivity index (χ1) is 16.7. The minimum Gasteiger partial charge on any atom is -1.00 e. The van der Waals surface area contributed by atoms with Crippen molar-refractivity contribution in [3.63, 3.8) is 0 Å². The fourth-order valence-corrected chi connectivity index (χ4v) is 5.55. The molecule has 1 atom stereocenters. The molecule has 0 amide bonds. The number of allylic oxidation sites excluding steroid dienone is 1. The average Bonchev–Trinajstić information content (AvgIpc) is 3.42. The monoisotopic (exact) mass is 616 g/mol. The van der Waals surface area contributed by atoms with Crippen LogP contribution in [0.25, 0.3) is 28.3 Å². The van der Waals surface area contributed by atoms with Crippen LogP contribution in [0.2, 0.25) is 13.1 Å². The zero-order valence-corrected chi connectivity index (χ0v) is 27.0. The second-order valence-corrected chi connectivity index (χ2v) is 10.5. The van der Waals surface area contributed by atoms with Crippen molar-refractivity contribution in [1.82, 2.24) is 0 Å². The van der Waals surface area contributed by atoms with Crippen molar-refractivity contribution in [1.29, 1.82) is 0 Å². The van der Waals surface area contributed by atoms with Crippen molar-refractivity contribution in [3.05, 3.63) is 124 Å². The third-order valence-corrected chi connectivity index (χ3v) is 6.99. The summed E-state index contributed by atoms with van der Waals surface area (Å²) in [7, 11) is 0.750. The maximum absolute atomic E-state index is 3.68. The topological polar surface area (TPSA) is 0 Å². The molecular weight excluding hydrogens is 587 g/mol. The van der Waals surface area contributed by atoms with Crippen molar-refractivity contribution >= 4 is 15.6 Å². The van der Waals surface area contributed by atoms with E-state index in [1.54, 1.807) is 0 Å². The molecule has 0 nitrogen and oxygen atoms in total. The third kappa shape index (κ3) is 5.99. The van der Waals surface area contributed by atoms with Crippen LogP contribution in [-0.4, -0.2) is 9.52 Å². The predicted octanol–water partition coefficient (Wildman–Crippen LogP) is 2.50. The molecule has 4 aromatic rings. The quantitative estimate of drug-likeness (QED) is 0.216. The van der Waals surface area contributed by atoms with Crippen LogP contribution in [-0.2, 0) is 32.6 Å². The van der Waals surface area contributed by atoms with Crippen molar-refractivity contribution in [2.24, 2.45) is 0 Å². The summed E-state index contributed by atoms with van der Waals surface area (Å²) in [6.45, 7) is 8.87. The second kappa shape index (κ2) is 13.9. The molecule has 6 rings (SSSR count). The van der Waals surface area contributed by atoms with E-state index in [2.05, 4.69) is 118 Å². The molecule has 0 aliphatic heterocycles. The van der Waals surface area contributed by atoms with Gasteiger partial charge in [0.25, 0.3) is 0 Å². The van der Waals surface area contributed by atoms with E-state index < -0.39 is 0 Å². The Balaban J connectivity index is 0.000000767. The second-order valence-electron chi connectivity index (χ2n) is 9.38. The molecule has 2 aliphatic rings. The van der Waals surface area contributed by atoms with Crippen LogP contribution in [0.1, 0.15) is 52.6 Å².